The number of aromatic amines is 1. The van der Waals surface area contributed by atoms with Gasteiger partial charge in [0, 0.05) is 31.2 Å². The Hall–Kier alpha value is -1.78. The van der Waals surface area contributed by atoms with E-state index in [1.807, 2.05) is 18.7 Å². The van der Waals surface area contributed by atoms with Gasteiger partial charge in [-0.25, -0.2) is 0 Å². The molecule has 3 rings (SSSR count). The SMILES string of the molecule is Cc1[nH]c(C(=O)N2CCC(CC(=O)NC3CCCCCC3)CC2)c(C)c1C. The second kappa shape index (κ2) is 8.94. The number of H-pyrrole nitrogens is 1. The maximum Gasteiger partial charge on any atom is 0.270 e. The van der Waals surface area contributed by atoms with Gasteiger partial charge in [-0.05, 0) is 63.5 Å². The lowest BCUT2D eigenvalue weighted by molar-refractivity contribution is -0.123. The maximum absolute atomic E-state index is 12.8. The van der Waals surface area contributed by atoms with Crippen LogP contribution in [0.4, 0.5) is 0 Å². The highest BCUT2D eigenvalue weighted by atomic mass is 16.2. The van der Waals surface area contributed by atoms with Crippen molar-refractivity contribution in [3.63, 3.8) is 0 Å². The van der Waals surface area contributed by atoms with Crippen LogP contribution in [0.5, 0.6) is 0 Å². The summed E-state index contributed by atoms with van der Waals surface area (Å²) in [6.45, 7) is 7.57. The Morgan fingerprint density at radius 2 is 1.59 bits per heavy atom. The van der Waals surface area contributed by atoms with Gasteiger partial charge in [0.15, 0.2) is 0 Å². The van der Waals surface area contributed by atoms with Crippen molar-refractivity contribution in [2.45, 2.75) is 84.6 Å². The second-order valence-electron chi connectivity index (χ2n) is 8.57. The van der Waals surface area contributed by atoms with Gasteiger partial charge in [-0.15, -0.1) is 0 Å². The zero-order valence-corrected chi connectivity index (χ0v) is 17.2. The van der Waals surface area contributed by atoms with Crippen molar-refractivity contribution in [3.8, 4) is 0 Å². The van der Waals surface area contributed by atoms with E-state index >= 15 is 0 Å². The molecule has 1 saturated heterocycles. The molecule has 5 nitrogen and oxygen atoms in total. The Morgan fingerprint density at radius 1 is 0.963 bits per heavy atom. The molecule has 1 aliphatic carbocycles. The molecule has 1 saturated carbocycles. The zero-order valence-electron chi connectivity index (χ0n) is 17.2. The summed E-state index contributed by atoms with van der Waals surface area (Å²) in [5.41, 5.74) is 4.03. The van der Waals surface area contributed by atoms with E-state index in [-0.39, 0.29) is 11.8 Å². The standard InChI is InChI=1S/C22H35N3O2/c1-15-16(2)21(23-17(15)3)22(27)25-12-10-18(11-13-25)14-20(26)24-19-8-6-4-5-7-9-19/h18-19,23H,4-14H2,1-3H3,(H,24,26). The molecule has 27 heavy (non-hydrogen) atoms. The van der Waals surface area contributed by atoms with Crippen LogP contribution in [-0.2, 0) is 4.79 Å². The fourth-order valence-corrected chi connectivity index (χ4v) is 4.53. The Balaban J connectivity index is 1.46. The number of aromatic nitrogens is 1. The molecule has 1 aromatic heterocycles. The molecule has 2 fully saturated rings. The van der Waals surface area contributed by atoms with Crippen molar-refractivity contribution in [1.82, 2.24) is 15.2 Å². The fourth-order valence-electron chi connectivity index (χ4n) is 4.53. The molecule has 0 atom stereocenters. The summed E-state index contributed by atoms with van der Waals surface area (Å²) in [6.07, 6.45) is 9.79. The van der Waals surface area contributed by atoms with Crippen LogP contribution in [0.25, 0.3) is 0 Å². The van der Waals surface area contributed by atoms with E-state index in [0.29, 0.717) is 18.4 Å². The number of hydrogen-bond acceptors (Lipinski definition) is 2. The van der Waals surface area contributed by atoms with Gasteiger partial charge in [0.1, 0.15) is 5.69 Å². The second-order valence-corrected chi connectivity index (χ2v) is 8.57. The molecule has 0 bridgehead atoms. The van der Waals surface area contributed by atoms with Crippen LogP contribution in [0.2, 0.25) is 0 Å². The third-order valence-corrected chi connectivity index (χ3v) is 6.62. The largest absolute Gasteiger partial charge is 0.354 e. The monoisotopic (exact) mass is 373 g/mol. The van der Waals surface area contributed by atoms with Crippen LogP contribution in [0.15, 0.2) is 0 Å². The number of hydrogen-bond donors (Lipinski definition) is 2. The molecular formula is C22H35N3O2. The van der Waals surface area contributed by atoms with Gasteiger partial charge >= 0.3 is 0 Å². The Morgan fingerprint density at radius 3 is 2.15 bits per heavy atom. The first-order valence-electron chi connectivity index (χ1n) is 10.7. The highest BCUT2D eigenvalue weighted by Gasteiger charge is 2.27. The average molecular weight is 374 g/mol. The normalized spacial score (nSPS) is 19.7. The van der Waals surface area contributed by atoms with E-state index in [2.05, 4.69) is 17.2 Å². The summed E-state index contributed by atoms with van der Waals surface area (Å²) in [5.74, 6) is 0.705. The first-order chi connectivity index (χ1) is 13.0. The molecule has 0 aromatic carbocycles. The summed E-state index contributed by atoms with van der Waals surface area (Å²) in [7, 11) is 0. The Labute approximate surface area is 163 Å². The highest BCUT2D eigenvalue weighted by molar-refractivity contribution is 5.94. The minimum atomic E-state index is 0.102. The third-order valence-electron chi connectivity index (χ3n) is 6.62. The molecule has 150 valence electrons. The van der Waals surface area contributed by atoms with Crippen molar-refractivity contribution in [1.29, 1.82) is 0 Å². The van der Waals surface area contributed by atoms with Gasteiger partial charge < -0.3 is 15.2 Å². The lowest BCUT2D eigenvalue weighted by atomic mass is 9.92. The molecule has 2 N–H and O–H groups in total. The van der Waals surface area contributed by atoms with Crippen LogP contribution in [0.3, 0.4) is 0 Å². The van der Waals surface area contributed by atoms with Crippen LogP contribution in [-0.4, -0.2) is 40.8 Å². The highest BCUT2D eigenvalue weighted by Crippen LogP contribution is 2.24. The van der Waals surface area contributed by atoms with Gasteiger partial charge in [-0.1, -0.05) is 25.7 Å². The molecule has 0 spiro atoms. The number of carbonyl (C=O) groups excluding carboxylic acids is 2. The van der Waals surface area contributed by atoms with E-state index in [1.54, 1.807) is 0 Å². The number of likely N-dealkylation sites (tertiary alicyclic amines) is 1. The fraction of sp³-hybridized carbons (Fsp3) is 0.727. The minimum absolute atomic E-state index is 0.102. The van der Waals surface area contributed by atoms with E-state index in [9.17, 15) is 9.59 Å². The number of carbonyl (C=O) groups is 2. The summed E-state index contributed by atoms with van der Waals surface area (Å²) >= 11 is 0. The minimum Gasteiger partial charge on any atom is -0.354 e. The van der Waals surface area contributed by atoms with Crippen molar-refractivity contribution < 1.29 is 9.59 Å². The van der Waals surface area contributed by atoms with Crippen LogP contribution >= 0.6 is 0 Å². The summed E-state index contributed by atoms with van der Waals surface area (Å²) in [4.78, 5) is 30.4. The molecule has 2 amide bonds. The topological polar surface area (TPSA) is 65.2 Å². The Bertz CT molecular complexity index is 663. The first kappa shape index (κ1) is 20.0. The number of piperidine rings is 1. The molecule has 5 heteroatoms. The maximum atomic E-state index is 12.8. The quantitative estimate of drug-likeness (QED) is 0.783. The third kappa shape index (κ3) is 4.94. The molecule has 2 heterocycles. The van der Waals surface area contributed by atoms with E-state index in [1.165, 1.54) is 31.2 Å². The number of amides is 2. The van der Waals surface area contributed by atoms with Gasteiger partial charge in [0.2, 0.25) is 5.91 Å². The van der Waals surface area contributed by atoms with Crippen LogP contribution in [0.1, 0.15) is 85.1 Å². The molecule has 2 aliphatic rings. The number of nitrogens with zero attached hydrogens (tertiary/aromatic N) is 1. The lowest BCUT2D eigenvalue weighted by Gasteiger charge is -2.32. The van der Waals surface area contributed by atoms with Gasteiger partial charge in [0.25, 0.3) is 5.91 Å². The Kier molecular flexibility index (Phi) is 6.61. The van der Waals surface area contributed by atoms with Crippen molar-refractivity contribution in [2.24, 2.45) is 5.92 Å². The van der Waals surface area contributed by atoms with Crippen molar-refractivity contribution >= 4 is 11.8 Å². The summed E-state index contributed by atoms with van der Waals surface area (Å²) < 4.78 is 0. The molecule has 0 radical (unpaired) electrons. The smallest absolute Gasteiger partial charge is 0.270 e. The number of nitrogens with one attached hydrogen (secondary N) is 2. The van der Waals surface area contributed by atoms with Gasteiger partial charge in [-0.2, -0.15) is 0 Å². The lowest BCUT2D eigenvalue weighted by Crippen LogP contribution is -2.41. The molecule has 1 aromatic rings. The molecular weight excluding hydrogens is 338 g/mol. The van der Waals surface area contributed by atoms with E-state index in [4.69, 9.17) is 0 Å². The average Bonchev–Trinajstić information content (AvgIpc) is 2.85. The van der Waals surface area contributed by atoms with Crippen molar-refractivity contribution in [3.05, 3.63) is 22.5 Å². The van der Waals surface area contributed by atoms with E-state index < -0.39 is 0 Å². The van der Waals surface area contributed by atoms with Gasteiger partial charge in [0.05, 0.1) is 0 Å². The van der Waals surface area contributed by atoms with Crippen LogP contribution in [0, 0.1) is 26.7 Å². The summed E-state index contributed by atoms with van der Waals surface area (Å²) in [5, 5.41) is 3.26. The van der Waals surface area contributed by atoms with Crippen molar-refractivity contribution in [2.75, 3.05) is 13.1 Å². The zero-order chi connectivity index (χ0) is 19.4. The van der Waals surface area contributed by atoms with Crippen LogP contribution < -0.4 is 5.32 Å². The molecule has 1 aliphatic heterocycles. The number of rotatable bonds is 4. The van der Waals surface area contributed by atoms with E-state index in [0.717, 1.165) is 55.7 Å². The summed E-state index contributed by atoms with van der Waals surface area (Å²) in [6, 6.07) is 0.379. The predicted molar refractivity (Wildman–Crippen MR) is 108 cm³/mol. The number of aryl methyl sites for hydroxylation is 1. The van der Waals surface area contributed by atoms with Gasteiger partial charge in [-0.3, -0.25) is 9.59 Å². The first-order valence-corrected chi connectivity index (χ1v) is 10.7. The molecule has 0 unspecified atom stereocenters. The predicted octanol–water partition coefficient (Wildman–Crippen LogP) is 4.02.